The number of allylic oxidation sites excluding steroid dienone is 10. The van der Waals surface area contributed by atoms with Gasteiger partial charge in [0, 0.05) is 6.42 Å². The maximum absolute atomic E-state index is 13.2. The summed E-state index contributed by atoms with van der Waals surface area (Å²) in [5, 5.41) is 87.0. The van der Waals surface area contributed by atoms with E-state index in [9.17, 15) is 45.6 Å². The molecule has 2 heterocycles. The van der Waals surface area contributed by atoms with Crippen molar-refractivity contribution in [2.45, 2.75) is 319 Å². The fraction of sp³-hybridized carbons (Fsp3) is 0.803. The second kappa shape index (κ2) is 50.9. The Labute approximate surface area is 485 Å². The molecule has 0 aliphatic carbocycles. The molecule has 1 amide bonds. The maximum Gasteiger partial charge on any atom is 0.224 e. The second-order valence-electron chi connectivity index (χ2n) is 22.5. The number of carbonyl (C=O) groups is 1. The minimum Gasteiger partial charge on any atom is -0.394 e. The molecule has 2 aliphatic rings. The average Bonchev–Trinajstić information content (AvgIpc) is 3.46. The van der Waals surface area contributed by atoms with Gasteiger partial charge in [0.2, 0.25) is 5.91 Å². The highest BCUT2D eigenvalue weighted by molar-refractivity contribution is 5.77. The van der Waals surface area contributed by atoms with E-state index in [-0.39, 0.29) is 18.9 Å². The smallest absolute Gasteiger partial charge is 0.224 e. The van der Waals surface area contributed by atoms with Gasteiger partial charge in [-0.2, -0.15) is 0 Å². The van der Waals surface area contributed by atoms with Crippen molar-refractivity contribution in [1.82, 2.24) is 5.32 Å². The molecule has 80 heavy (non-hydrogen) atoms. The van der Waals surface area contributed by atoms with E-state index in [4.69, 9.17) is 18.9 Å². The molecule has 464 valence electrons. The summed E-state index contributed by atoms with van der Waals surface area (Å²) in [6.45, 7) is 2.63. The number of rotatable bonds is 51. The van der Waals surface area contributed by atoms with E-state index in [2.05, 4.69) is 61.7 Å². The summed E-state index contributed by atoms with van der Waals surface area (Å²) in [4.78, 5) is 13.2. The van der Waals surface area contributed by atoms with Gasteiger partial charge in [-0.05, 0) is 44.9 Å². The predicted molar refractivity (Wildman–Crippen MR) is 323 cm³/mol. The molecular formula is C66H117NO13. The normalized spacial score (nSPS) is 24.7. The van der Waals surface area contributed by atoms with Gasteiger partial charge in [-0.3, -0.25) is 4.79 Å². The molecule has 0 radical (unpaired) electrons. The topological polar surface area (TPSA) is 228 Å². The Bertz CT molecular complexity index is 1620. The molecule has 12 atom stereocenters. The molecule has 14 nitrogen and oxygen atoms in total. The van der Waals surface area contributed by atoms with E-state index in [0.29, 0.717) is 6.42 Å². The van der Waals surface area contributed by atoms with E-state index in [1.165, 1.54) is 167 Å². The lowest BCUT2D eigenvalue weighted by molar-refractivity contribution is -0.359. The number of nitrogens with one attached hydrogen (secondary N) is 1. The summed E-state index contributed by atoms with van der Waals surface area (Å²) in [7, 11) is 0. The van der Waals surface area contributed by atoms with Gasteiger partial charge in [0.15, 0.2) is 12.6 Å². The number of aliphatic hydroxyl groups is 8. The zero-order valence-electron chi connectivity index (χ0n) is 50.1. The third-order valence-corrected chi connectivity index (χ3v) is 15.4. The Morgan fingerprint density at radius 3 is 1.27 bits per heavy atom. The number of amides is 1. The lowest BCUT2D eigenvalue weighted by Crippen LogP contribution is -2.65. The van der Waals surface area contributed by atoms with E-state index >= 15 is 0 Å². The summed E-state index contributed by atoms with van der Waals surface area (Å²) in [5.74, 6) is -0.366. The van der Waals surface area contributed by atoms with Crippen LogP contribution >= 0.6 is 0 Å². The quantitative estimate of drug-likeness (QED) is 0.0204. The van der Waals surface area contributed by atoms with Crippen molar-refractivity contribution in [3.8, 4) is 0 Å². The molecular weight excluding hydrogens is 1010 g/mol. The van der Waals surface area contributed by atoms with Crippen molar-refractivity contribution in [2.75, 3.05) is 19.8 Å². The van der Waals surface area contributed by atoms with Crippen LogP contribution in [0, 0.1) is 0 Å². The first kappa shape index (κ1) is 73.5. The Morgan fingerprint density at radius 2 is 0.850 bits per heavy atom. The van der Waals surface area contributed by atoms with Crippen LogP contribution in [0.25, 0.3) is 0 Å². The number of hydrogen-bond acceptors (Lipinski definition) is 13. The zero-order valence-corrected chi connectivity index (χ0v) is 50.1. The molecule has 2 saturated heterocycles. The molecule has 0 aromatic rings. The Kier molecular flexibility index (Phi) is 46.8. The number of aliphatic hydroxyl groups excluding tert-OH is 8. The molecule has 2 aliphatic heterocycles. The number of hydrogen-bond donors (Lipinski definition) is 9. The third kappa shape index (κ3) is 35.5. The monoisotopic (exact) mass is 1130 g/mol. The van der Waals surface area contributed by atoms with Gasteiger partial charge in [0.05, 0.1) is 32.0 Å². The van der Waals surface area contributed by atoms with Gasteiger partial charge in [0.1, 0.15) is 48.8 Å². The van der Waals surface area contributed by atoms with E-state index < -0.39 is 86.8 Å². The first-order valence-corrected chi connectivity index (χ1v) is 32.2. The highest BCUT2D eigenvalue weighted by atomic mass is 16.7. The minimum atomic E-state index is -1.80. The first-order valence-electron chi connectivity index (χ1n) is 32.2. The largest absolute Gasteiger partial charge is 0.394 e. The van der Waals surface area contributed by atoms with Crippen molar-refractivity contribution < 1.29 is 64.6 Å². The number of ether oxygens (including phenoxy) is 4. The standard InChI is InChI=1S/C66H117NO13/c1-3-5-7-9-11-13-15-17-19-20-21-22-23-24-25-26-27-28-29-30-31-32-33-34-36-37-39-41-43-45-47-49-55(70)54(67-58(71)50-48-46-44-42-40-38-35-18-16-14-12-10-8-6-4-2)53-77-65-63(76)61(74)64(57(52-69)79-65)80-66-62(75)60(73)59(72)56(51-68)78-66/h6,8,12,14,18,35,40,42,46-49,54-57,59-66,68-70,72-76H,3-5,7,9-11,13,15-17,19-34,36-39,41,43-45,50-53H2,1-2H3,(H,67,71)/b8-6-,14-12-,35-18-,42-40-,48-46-,49-47+. The fourth-order valence-corrected chi connectivity index (χ4v) is 10.3. The lowest BCUT2D eigenvalue weighted by Gasteiger charge is -2.46. The summed E-state index contributed by atoms with van der Waals surface area (Å²) >= 11 is 0. The fourth-order valence-electron chi connectivity index (χ4n) is 10.3. The average molecular weight is 1130 g/mol. The summed E-state index contributed by atoms with van der Waals surface area (Å²) in [6.07, 6.45) is 51.4. The first-order chi connectivity index (χ1) is 39.1. The van der Waals surface area contributed by atoms with E-state index in [1.807, 2.05) is 18.2 Å². The maximum atomic E-state index is 13.2. The van der Waals surface area contributed by atoms with Crippen LogP contribution in [0.4, 0.5) is 0 Å². The van der Waals surface area contributed by atoms with Crippen LogP contribution in [0.15, 0.2) is 72.9 Å². The molecule has 0 spiro atoms. The molecule has 0 bridgehead atoms. The predicted octanol–water partition coefficient (Wildman–Crippen LogP) is 11.9. The highest BCUT2D eigenvalue weighted by Crippen LogP contribution is 2.30. The molecule has 0 aromatic heterocycles. The van der Waals surface area contributed by atoms with Gasteiger partial charge < -0.3 is 65.1 Å². The highest BCUT2D eigenvalue weighted by Gasteiger charge is 2.51. The van der Waals surface area contributed by atoms with Crippen LogP contribution in [0.2, 0.25) is 0 Å². The van der Waals surface area contributed by atoms with Crippen LogP contribution in [-0.2, 0) is 23.7 Å². The number of unbranched alkanes of at least 4 members (excludes halogenated alkanes) is 29. The third-order valence-electron chi connectivity index (χ3n) is 15.4. The van der Waals surface area contributed by atoms with Gasteiger partial charge in [-0.25, -0.2) is 0 Å². The zero-order chi connectivity index (χ0) is 58.1. The molecule has 2 fully saturated rings. The van der Waals surface area contributed by atoms with Crippen LogP contribution < -0.4 is 5.32 Å². The molecule has 0 saturated carbocycles. The van der Waals surface area contributed by atoms with Gasteiger partial charge in [0.25, 0.3) is 0 Å². The van der Waals surface area contributed by atoms with Gasteiger partial charge >= 0.3 is 0 Å². The second-order valence-corrected chi connectivity index (χ2v) is 22.5. The van der Waals surface area contributed by atoms with Crippen molar-refractivity contribution in [3.63, 3.8) is 0 Å². The molecule has 12 unspecified atom stereocenters. The summed E-state index contributed by atoms with van der Waals surface area (Å²) in [5.41, 5.74) is 0. The molecule has 2 rings (SSSR count). The summed E-state index contributed by atoms with van der Waals surface area (Å²) in [6, 6.07) is -0.973. The van der Waals surface area contributed by atoms with Crippen LogP contribution in [0.3, 0.4) is 0 Å². The van der Waals surface area contributed by atoms with E-state index in [0.717, 1.165) is 51.4 Å². The van der Waals surface area contributed by atoms with Gasteiger partial charge in [-0.15, -0.1) is 0 Å². The Balaban J connectivity index is 1.70. The van der Waals surface area contributed by atoms with Crippen molar-refractivity contribution in [2.24, 2.45) is 0 Å². The number of carbonyl (C=O) groups excluding carboxylic acids is 1. The van der Waals surface area contributed by atoms with Crippen LogP contribution in [-0.4, -0.2) is 140 Å². The molecule has 0 aromatic carbocycles. The van der Waals surface area contributed by atoms with Crippen molar-refractivity contribution in [1.29, 1.82) is 0 Å². The summed E-state index contributed by atoms with van der Waals surface area (Å²) < 4.78 is 22.7. The van der Waals surface area contributed by atoms with Crippen molar-refractivity contribution >= 4 is 5.91 Å². The Morgan fingerprint density at radius 1 is 0.463 bits per heavy atom. The van der Waals surface area contributed by atoms with Crippen molar-refractivity contribution in [3.05, 3.63) is 72.9 Å². The van der Waals surface area contributed by atoms with Crippen LogP contribution in [0.1, 0.15) is 245 Å². The van der Waals surface area contributed by atoms with Crippen LogP contribution in [0.5, 0.6) is 0 Å². The molecule has 14 heteroatoms. The minimum absolute atomic E-state index is 0.0466. The lowest BCUT2D eigenvalue weighted by atomic mass is 9.97. The SMILES string of the molecule is CC/C=C\C/C=C\C/C=C\C/C=C\C/C=C\CC(=O)NC(COC1OC(CO)C(OC2OC(CO)C(O)C(O)C2O)C(O)C1O)C(O)/C=C/CCCCCCCCCCCCCCCCCCCCCCCCCCCCCCC. The Hall–Kier alpha value is -2.57. The van der Waals surface area contributed by atoms with Gasteiger partial charge in [-0.1, -0.05) is 267 Å². The van der Waals surface area contributed by atoms with E-state index in [1.54, 1.807) is 12.2 Å². The molecule has 9 N–H and O–H groups in total.